The third kappa shape index (κ3) is 2.77. The van der Waals surface area contributed by atoms with E-state index in [4.69, 9.17) is 17.0 Å². The maximum Gasteiger partial charge on any atom is 0.350 e. The van der Waals surface area contributed by atoms with E-state index in [1.54, 1.807) is 6.92 Å². The minimum Gasteiger partial charge on any atom is -0.462 e. The Hall–Kier alpha value is 0.0900. The smallest absolute Gasteiger partial charge is 0.350 e. The van der Waals surface area contributed by atoms with Crippen molar-refractivity contribution in [2.45, 2.75) is 11.1 Å². The molecule has 0 saturated heterocycles. The van der Waals surface area contributed by atoms with Crippen LogP contribution in [0, 0.1) is 3.14 Å². The molecule has 0 N–H and O–H groups in total. The highest BCUT2D eigenvalue weighted by molar-refractivity contribution is 8.01. The molecule has 0 atom stereocenters. The van der Waals surface area contributed by atoms with Crippen LogP contribution in [0.4, 0.5) is 0 Å². The Balaban J connectivity index is 2.98. The van der Waals surface area contributed by atoms with Crippen molar-refractivity contribution in [3.05, 3.63) is 8.01 Å². The molecule has 6 heteroatoms. The fourth-order valence-corrected chi connectivity index (χ4v) is 4.40. The summed E-state index contributed by atoms with van der Waals surface area (Å²) in [7, 11) is 0. The molecule has 1 rings (SSSR count). The maximum absolute atomic E-state index is 11.4. The van der Waals surface area contributed by atoms with Crippen molar-refractivity contribution < 1.29 is 9.53 Å². The van der Waals surface area contributed by atoms with E-state index in [9.17, 15) is 4.79 Å². The van der Waals surface area contributed by atoms with Crippen LogP contribution in [0.2, 0.25) is 0 Å². The Bertz CT molecular complexity index is 352. The molecule has 1 aromatic rings. The Labute approximate surface area is 93.9 Å². The molecule has 0 aliphatic rings. The van der Waals surface area contributed by atoms with Crippen LogP contribution < -0.4 is 0 Å². The van der Waals surface area contributed by atoms with E-state index in [-0.39, 0.29) is 5.97 Å². The summed E-state index contributed by atoms with van der Waals surface area (Å²) in [6.07, 6.45) is 1.93. The standard InChI is InChI=1S/C7H8O2S4/c1-3-9-5(8)4-6(11-2)13-7(10)12-4/h3H2,1-2H3. The molecule has 0 aliphatic carbocycles. The molecule has 0 bridgehead atoms. The van der Waals surface area contributed by atoms with Crippen molar-refractivity contribution in [2.75, 3.05) is 12.9 Å². The molecular formula is C7H8O2S4. The second-order valence-corrected chi connectivity index (χ2v) is 6.29. The summed E-state index contributed by atoms with van der Waals surface area (Å²) in [4.78, 5) is 12.0. The van der Waals surface area contributed by atoms with Crippen LogP contribution in [-0.2, 0) is 4.74 Å². The van der Waals surface area contributed by atoms with E-state index in [2.05, 4.69) is 0 Å². The third-order valence-electron chi connectivity index (χ3n) is 1.19. The lowest BCUT2D eigenvalue weighted by Gasteiger charge is -1.98. The molecule has 2 nitrogen and oxygen atoms in total. The number of carbonyl (C=O) groups excluding carboxylic acids is 1. The highest BCUT2D eigenvalue weighted by Gasteiger charge is 2.15. The van der Waals surface area contributed by atoms with E-state index in [1.807, 2.05) is 6.26 Å². The van der Waals surface area contributed by atoms with Crippen molar-refractivity contribution in [1.82, 2.24) is 0 Å². The molecule has 72 valence electrons. The van der Waals surface area contributed by atoms with Gasteiger partial charge < -0.3 is 4.74 Å². The summed E-state index contributed by atoms with van der Waals surface area (Å²) in [6, 6.07) is 0. The van der Waals surface area contributed by atoms with E-state index in [1.165, 1.54) is 34.4 Å². The molecular weight excluding hydrogens is 244 g/mol. The van der Waals surface area contributed by atoms with Crippen LogP contribution in [0.25, 0.3) is 0 Å². The molecule has 0 aromatic carbocycles. The first-order valence-corrected chi connectivity index (χ1v) is 6.80. The molecule has 1 heterocycles. The molecule has 0 radical (unpaired) electrons. The predicted octanol–water partition coefficient (Wildman–Crippen LogP) is 3.44. The second kappa shape index (κ2) is 5.09. The Morgan fingerprint density at radius 1 is 1.62 bits per heavy atom. The number of rotatable bonds is 3. The SMILES string of the molecule is CCOC(=O)c1sc(=S)sc1SC. The fraction of sp³-hybridized carbons (Fsp3) is 0.429. The van der Waals surface area contributed by atoms with Gasteiger partial charge >= 0.3 is 5.97 Å². The zero-order valence-electron chi connectivity index (χ0n) is 7.16. The lowest BCUT2D eigenvalue weighted by Crippen LogP contribution is -2.02. The first-order valence-electron chi connectivity index (χ1n) is 3.54. The molecule has 0 saturated carbocycles. The summed E-state index contributed by atoms with van der Waals surface area (Å²) in [5, 5.41) is 0. The minimum absolute atomic E-state index is 0.260. The molecule has 0 fully saturated rings. The number of carbonyl (C=O) groups is 1. The Morgan fingerprint density at radius 2 is 2.31 bits per heavy atom. The highest BCUT2D eigenvalue weighted by Crippen LogP contribution is 2.32. The number of esters is 1. The summed E-state index contributed by atoms with van der Waals surface area (Å²) < 4.78 is 6.63. The third-order valence-corrected chi connectivity index (χ3v) is 5.07. The molecule has 0 unspecified atom stereocenters. The van der Waals surface area contributed by atoms with E-state index in [0.29, 0.717) is 11.5 Å². The summed E-state index contributed by atoms with van der Waals surface area (Å²) in [6.45, 7) is 2.20. The normalized spacial score (nSPS) is 10.0. The van der Waals surface area contributed by atoms with Crippen LogP contribution >= 0.6 is 46.7 Å². The summed E-state index contributed by atoms with van der Waals surface area (Å²) in [5.41, 5.74) is 0. The maximum atomic E-state index is 11.4. The number of ether oxygens (including phenoxy) is 1. The van der Waals surface area contributed by atoms with Gasteiger partial charge in [0.25, 0.3) is 0 Å². The van der Waals surface area contributed by atoms with Gasteiger partial charge in [-0.05, 0) is 13.2 Å². The zero-order chi connectivity index (χ0) is 9.84. The largest absolute Gasteiger partial charge is 0.462 e. The van der Waals surface area contributed by atoms with Gasteiger partial charge in [-0.15, -0.1) is 34.4 Å². The van der Waals surface area contributed by atoms with E-state index < -0.39 is 0 Å². The monoisotopic (exact) mass is 252 g/mol. The number of thioether (sulfide) groups is 1. The van der Waals surface area contributed by atoms with Crippen molar-refractivity contribution >= 4 is 52.6 Å². The van der Waals surface area contributed by atoms with Gasteiger partial charge in [0, 0.05) is 0 Å². The van der Waals surface area contributed by atoms with Gasteiger partial charge in [0.2, 0.25) is 0 Å². The number of hydrogen-bond acceptors (Lipinski definition) is 6. The van der Waals surface area contributed by atoms with Crippen LogP contribution in [0.3, 0.4) is 0 Å². The second-order valence-electron chi connectivity index (χ2n) is 2.00. The van der Waals surface area contributed by atoms with Crippen LogP contribution in [0.5, 0.6) is 0 Å². The quantitative estimate of drug-likeness (QED) is 0.468. The topological polar surface area (TPSA) is 26.3 Å². The van der Waals surface area contributed by atoms with E-state index in [0.717, 1.165) is 7.35 Å². The lowest BCUT2D eigenvalue weighted by atomic mass is 10.6. The predicted molar refractivity (Wildman–Crippen MR) is 60.8 cm³/mol. The molecule has 0 spiro atoms. The van der Waals surface area contributed by atoms with Crippen molar-refractivity contribution in [3.8, 4) is 0 Å². The van der Waals surface area contributed by atoms with Gasteiger partial charge in [-0.3, -0.25) is 0 Å². The van der Waals surface area contributed by atoms with Gasteiger partial charge in [-0.1, -0.05) is 12.2 Å². The first-order chi connectivity index (χ1) is 6.19. The first kappa shape index (κ1) is 11.2. The molecule has 0 aliphatic heterocycles. The summed E-state index contributed by atoms with van der Waals surface area (Å²) in [5.74, 6) is -0.260. The summed E-state index contributed by atoms with van der Waals surface area (Å²) >= 11 is 9.33. The Kier molecular flexibility index (Phi) is 4.37. The van der Waals surface area contributed by atoms with Crippen LogP contribution in [-0.4, -0.2) is 18.8 Å². The molecule has 0 amide bonds. The van der Waals surface area contributed by atoms with Gasteiger partial charge in [0.05, 0.1) is 10.8 Å². The van der Waals surface area contributed by atoms with E-state index >= 15 is 0 Å². The van der Waals surface area contributed by atoms with Gasteiger partial charge in [0.15, 0.2) is 0 Å². The fourth-order valence-electron chi connectivity index (χ4n) is 0.724. The van der Waals surface area contributed by atoms with Crippen molar-refractivity contribution in [1.29, 1.82) is 0 Å². The van der Waals surface area contributed by atoms with Crippen molar-refractivity contribution in [3.63, 3.8) is 0 Å². The van der Waals surface area contributed by atoms with Crippen LogP contribution in [0.15, 0.2) is 4.21 Å². The lowest BCUT2D eigenvalue weighted by molar-refractivity contribution is 0.0529. The Morgan fingerprint density at radius 3 is 2.85 bits per heavy atom. The van der Waals surface area contributed by atoms with Gasteiger partial charge in [-0.25, -0.2) is 4.79 Å². The van der Waals surface area contributed by atoms with Gasteiger partial charge in [-0.2, -0.15) is 0 Å². The van der Waals surface area contributed by atoms with Gasteiger partial charge in [0.1, 0.15) is 8.01 Å². The highest BCUT2D eigenvalue weighted by atomic mass is 32.2. The number of hydrogen-bond donors (Lipinski definition) is 0. The van der Waals surface area contributed by atoms with Crippen LogP contribution in [0.1, 0.15) is 16.6 Å². The minimum atomic E-state index is -0.260. The zero-order valence-corrected chi connectivity index (χ0v) is 10.4. The molecule has 13 heavy (non-hydrogen) atoms. The average molecular weight is 252 g/mol. The average Bonchev–Trinajstić information content (AvgIpc) is 2.47. The van der Waals surface area contributed by atoms with Crippen molar-refractivity contribution in [2.24, 2.45) is 0 Å². The molecule has 1 aromatic heterocycles.